The van der Waals surface area contributed by atoms with Gasteiger partial charge in [0, 0.05) is 12.1 Å². The molecule has 100 valence electrons. The molecule has 0 saturated carbocycles. The first-order valence-electron chi connectivity index (χ1n) is 5.10. The summed E-state index contributed by atoms with van der Waals surface area (Å²) in [6, 6.07) is 1.94. The van der Waals surface area contributed by atoms with E-state index < -0.39 is 17.6 Å². The molecule has 0 N–H and O–H groups in total. The van der Waals surface area contributed by atoms with Crippen LogP contribution in [0.25, 0.3) is 10.9 Å². The van der Waals surface area contributed by atoms with Crippen molar-refractivity contribution in [1.82, 2.24) is 4.98 Å². The fourth-order valence-electron chi connectivity index (χ4n) is 1.64. The van der Waals surface area contributed by atoms with Crippen LogP contribution in [0, 0.1) is 11.6 Å². The van der Waals surface area contributed by atoms with Crippen LogP contribution in [0.15, 0.2) is 16.6 Å². The first-order valence-corrected chi connectivity index (χ1v) is 5.89. The predicted molar refractivity (Wildman–Crippen MR) is 67.3 cm³/mol. The Hall–Kier alpha value is -1.76. The molecule has 2 rings (SSSR count). The van der Waals surface area contributed by atoms with Crippen molar-refractivity contribution in [3.05, 3.63) is 33.9 Å². The van der Waals surface area contributed by atoms with Crippen molar-refractivity contribution in [3.8, 4) is 5.75 Å². The molecule has 0 aliphatic carbocycles. The number of carbonyl (C=O) groups excluding carboxylic acids is 1. The fraction of sp³-hybridized carbons (Fsp3) is 0.167. The van der Waals surface area contributed by atoms with Gasteiger partial charge in [-0.1, -0.05) is 0 Å². The van der Waals surface area contributed by atoms with E-state index in [4.69, 9.17) is 4.74 Å². The van der Waals surface area contributed by atoms with Gasteiger partial charge in [-0.05, 0) is 15.9 Å². The van der Waals surface area contributed by atoms with Crippen LogP contribution in [0.3, 0.4) is 0 Å². The number of aromatic nitrogens is 1. The molecule has 0 radical (unpaired) electrons. The Morgan fingerprint density at radius 2 is 1.95 bits per heavy atom. The number of carbonyl (C=O) groups is 1. The second kappa shape index (κ2) is 5.08. The van der Waals surface area contributed by atoms with E-state index in [-0.39, 0.29) is 26.8 Å². The zero-order valence-electron chi connectivity index (χ0n) is 9.96. The molecule has 2 aromatic rings. The van der Waals surface area contributed by atoms with Gasteiger partial charge in [0.1, 0.15) is 17.1 Å². The van der Waals surface area contributed by atoms with E-state index in [0.29, 0.717) is 6.07 Å². The van der Waals surface area contributed by atoms with E-state index in [0.717, 1.165) is 0 Å². The van der Waals surface area contributed by atoms with Gasteiger partial charge in [-0.25, -0.2) is 18.6 Å². The van der Waals surface area contributed by atoms with Crippen molar-refractivity contribution in [3.63, 3.8) is 0 Å². The van der Waals surface area contributed by atoms with Crippen molar-refractivity contribution < 1.29 is 23.0 Å². The number of ether oxygens (including phenoxy) is 2. The topological polar surface area (TPSA) is 48.4 Å². The molecule has 0 spiro atoms. The summed E-state index contributed by atoms with van der Waals surface area (Å²) in [6.45, 7) is 0. The number of halogens is 3. The molecule has 0 aliphatic heterocycles. The summed E-state index contributed by atoms with van der Waals surface area (Å²) in [7, 11) is 2.50. The Morgan fingerprint density at radius 1 is 1.26 bits per heavy atom. The SMILES string of the molecule is COC(=O)c1cc(OC)c2c(Br)c(F)cc(F)c2n1. The lowest BCUT2D eigenvalue weighted by Gasteiger charge is -2.10. The second-order valence-corrected chi connectivity index (χ2v) is 4.37. The standard InChI is InChI=1S/C12H8BrF2NO3/c1-18-8-4-7(12(17)19-2)16-11-6(15)3-5(14)10(13)9(8)11/h3-4H,1-2H3. The van der Waals surface area contributed by atoms with Gasteiger partial charge in [0.25, 0.3) is 0 Å². The number of hydrogen-bond acceptors (Lipinski definition) is 4. The van der Waals surface area contributed by atoms with Gasteiger partial charge in [-0.15, -0.1) is 0 Å². The van der Waals surface area contributed by atoms with Gasteiger partial charge in [0.15, 0.2) is 11.5 Å². The van der Waals surface area contributed by atoms with Crippen molar-refractivity contribution in [2.45, 2.75) is 0 Å². The maximum Gasteiger partial charge on any atom is 0.356 e. The van der Waals surface area contributed by atoms with Gasteiger partial charge in [0.05, 0.1) is 24.1 Å². The number of fused-ring (bicyclic) bond motifs is 1. The second-order valence-electron chi connectivity index (χ2n) is 3.58. The predicted octanol–water partition coefficient (Wildman–Crippen LogP) is 3.07. The van der Waals surface area contributed by atoms with E-state index >= 15 is 0 Å². The molecule has 0 saturated heterocycles. The lowest BCUT2D eigenvalue weighted by molar-refractivity contribution is 0.0594. The first-order chi connectivity index (χ1) is 8.99. The van der Waals surface area contributed by atoms with E-state index in [1.807, 2.05) is 0 Å². The third-order valence-electron chi connectivity index (χ3n) is 2.51. The molecule has 19 heavy (non-hydrogen) atoms. The molecular weight excluding hydrogens is 324 g/mol. The van der Waals surface area contributed by atoms with E-state index in [1.165, 1.54) is 20.3 Å². The minimum Gasteiger partial charge on any atom is -0.496 e. The zero-order valence-corrected chi connectivity index (χ0v) is 11.5. The normalized spacial score (nSPS) is 10.6. The van der Waals surface area contributed by atoms with Gasteiger partial charge in [0.2, 0.25) is 0 Å². The van der Waals surface area contributed by atoms with Crippen LogP contribution in [0.5, 0.6) is 5.75 Å². The van der Waals surface area contributed by atoms with Crippen LogP contribution in [-0.4, -0.2) is 25.2 Å². The van der Waals surface area contributed by atoms with Crippen LogP contribution in [-0.2, 0) is 4.74 Å². The Balaban J connectivity index is 2.88. The molecule has 1 heterocycles. The average molecular weight is 332 g/mol. The number of pyridine rings is 1. The minimum atomic E-state index is -0.889. The Labute approximate surface area is 115 Å². The molecule has 0 unspecified atom stereocenters. The van der Waals surface area contributed by atoms with Crippen molar-refractivity contribution in [2.75, 3.05) is 14.2 Å². The van der Waals surface area contributed by atoms with Gasteiger partial charge < -0.3 is 9.47 Å². The third kappa shape index (κ3) is 2.25. The smallest absolute Gasteiger partial charge is 0.356 e. The molecule has 0 aliphatic rings. The number of methoxy groups -OCH3 is 2. The molecular formula is C12H8BrF2NO3. The molecule has 0 atom stereocenters. The van der Waals surface area contributed by atoms with Gasteiger partial charge in [-0.3, -0.25) is 0 Å². The number of benzene rings is 1. The fourth-order valence-corrected chi connectivity index (χ4v) is 2.14. The number of hydrogen-bond donors (Lipinski definition) is 0. The van der Waals surface area contributed by atoms with Crippen LogP contribution in [0.1, 0.15) is 10.5 Å². The summed E-state index contributed by atoms with van der Waals surface area (Å²) < 4.78 is 36.8. The van der Waals surface area contributed by atoms with Crippen LogP contribution in [0.4, 0.5) is 8.78 Å². The van der Waals surface area contributed by atoms with Crippen molar-refractivity contribution >= 4 is 32.8 Å². The summed E-state index contributed by atoms with van der Waals surface area (Å²) in [5.74, 6) is -2.29. The van der Waals surface area contributed by atoms with E-state index in [1.54, 1.807) is 0 Å². The van der Waals surface area contributed by atoms with Crippen molar-refractivity contribution in [2.24, 2.45) is 0 Å². The molecule has 0 amide bonds. The third-order valence-corrected chi connectivity index (χ3v) is 3.28. The van der Waals surface area contributed by atoms with Gasteiger partial charge >= 0.3 is 5.97 Å². The highest BCUT2D eigenvalue weighted by Crippen LogP contribution is 2.35. The first kappa shape index (κ1) is 13.7. The van der Waals surface area contributed by atoms with Crippen LogP contribution in [0.2, 0.25) is 0 Å². The molecule has 0 bridgehead atoms. The van der Waals surface area contributed by atoms with E-state index in [9.17, 15) is 13.6 Å². The quantitative estimate of drug-likeness (QED) is 0.626. The lowest BCUT2D eigenvalue weighted by Crippen LogP contribution is -2.06. The highest BCUT2D eigenvalue weighted by molar-refractivity contribution is 9.10. The number of rotatable bonds is 2. The number of esters is 1. The molecule has 4 nitrogen and oxygen atoms in total. The highest BCUT2D eigenvalue weighted by atomic mass is 79.9. The Bertz CT molecular complexity index is 676. The van der Waals surface area contributed by atoms with Gasteiger partial charge in [-0.2, -0.15) is 0 Å². The van der Waals surface area contributed by atoms with Crippen LogP contribution < -0.4 is 4.74 Å². The maximum atomic E-state index is 13.8. The van der Waals surface area contributed by atoms with Crippen molar-refractivity contribution in [1.29, 1.82) is 0 Å². The minimum absolute atomic E-state index is 0.0182. The molecule has 1 aromatic carbocycles. The lowest BCUT2D eigenvalue weighted by atomic mass is 10.1. The summed E-state index contributed by atoms with van der Waals surface area (Å²) in [5, 5.41) is 0.118. The molecule has 7 heteroatoms. The number of nitrogens with zero attached hydrogens (tertiary/aromatic N) is 1. The van der Waals surface area contributed by atoms with E-state index in [2.05, 4.69) is 25.7 Å². The monoisotopic (exact) mass is 331 g/mol. The zero-order chi connectivity index (χ0) is 14.2. The Morgan fingerprint density at radius 3 is 2.53 bits per heavy atom. The Kier molecular flexibility index (Phi) is 3.66. The largest absolute Gasteiger partial charge is 0.496 e. The summed E-state index contributed by atoms with van der Waals surface area (Å²) in [4.78, 5) is 15.3. The highest BCUT2D eigenvalue weighted by Gasteiger charge is 2.19. The van der Waals surface area contributed by atoms with Crippen LogP contribution >= 0.6 is 15.9 Å². The maximum absolute atomic E-state index is 13.8. The molecule has 0 fully saturated rings. The summed E-state index contributed by atoms with van der Waals surface area (Å²) in [5.41, 5.74) is -0.294. The molecule has 1 aromatic heterocycles. The summed E-state index contributed by atoms with van der Waals surface area (Å²) >= 11 is 3.01. The average Bonchev–Trinajstić information content (AvgIpc) is 2.42. The summed E-state index contributed by atoms with van der Waals surface area (Å²) in [6.07, 6.45) is 0.